The summed E-state index contributed by atoms with van der Waals surface area (Å²) in [5.41, 5.74) is -0.472. The Morgan fingerprint density at radius 1 is 1.44 bits per heavy atom. The van der Waals surface area contributed by atoms with Crippen molar-refractivity contribution in [3.8, 4) is 0 Å². The third-order valence-electron chi connectivity index (χ3n) is 3.10. The first-order valence-electron chi connectivity index (χ1n) is 6.62. The first kappa shape index (κ1) is 15.2. The summed E-state index contributed by atoms with van der Waals surface area (Å²) in [4.78, 5) is 23.6. The molecule has 1 fully saturated rings. The second-order valence-corrected chi connectivity index (χ2v) is 6.02. The van der Waals surface area contributed by atoms with E-state index in [1.165, 1.54) is 0 Å². The Balaban J connectivity index is 2.59. The first-order chi connectivity index (χ1) is 8.29. The van der Waals surface area contributed by atoms with Gasteiger partial charge in [-0.1, -0.05) is 6.92 Å². The predicted molar refractivity (Wildman–Crippen MR) is 68.2 cm³/mol. The lowest BCUT2D eigenvalue weighted by molar-refractivity contribution is -0.161. The number of carbonyl (C=O) groups is 2. The fourth-order valence-corrected chi connectivity index (χ4v) is 2.10. The Labute approximate surface area is 109 Å². The number of esters is 1. The molecule has 1 rings (SSSR count). The van der Waals surface area contributed by atoms with Crippen LogP contribution in [0.2, 0.25) is 0 Å². The van der Waals surface area contributed by atoms with Crippen molar-refractivity contribution >= 4 is 11.8 Å². The Morgan fingerprint density at radius 2 is 2.11 bits per heavy atom. The molecule has 2 atom stereocenters. The zero-order chi connectivity index (χ0) is 13.8. The van der Waals surface area contributed by atoms with Crippen LogP contribution >= 0.6 is 0 Å². The van der Waals surface area contributed by atoms with Gasteiger partial charge in [-0.2, -0.15) is 0 Å². The molecule has 0 N–H and O–H groups in total. The van der Waals surface area contributed by atoms with Crippen LogP contribution in [0.15, 0.2) is 0 Å². The number of hydrogen-bond donors (Lipinski definition) is 0. The van der Waals surface area contributed by atoms with E-state index in [2.05, 4.69) is 0 Å². The molecule has 0 aromatic carbocycles. The largest absolute Gasteiger partial charge is 0.460 e. The third kappa shape index (κ3) is 5.17. The van der Waals surface area contributed by atoms with Gasteiger partial charge in [0.05, 0.1) is 5.92 Å². The van der Waals surface area contributed by atoms with Gasteiger partial charge in [0.15, 0.2) is 5.78 Å². The second-order valence-electron chi connectivity index (χ2n) is 6.02. The van der Waals surface area contributed by atoms with Gasteiger partial charge in [0, 0.05) is 13.0 Å². The summed E-state index contributed by atoms with van der Waals surface area (Å²) in [5.74, 6) is -0.278. The Morgan fingerprint density at radius 3 is 2.72 bits per heavy atom. The standard InChI is InChI=1S/C14H24O4/c1-10(13(16)18-14(2,3)4)11-6-5-7-17-9-12(15)8-11/h10-11H,5-9H2,1-4H3. The van der Waals surface area contributed by atoms with E-state index in [-0.39, 0.29) is 30.2 Å². The average molecular weight is 256 g/mol. The van der Waals surface area contributed by atoms with Crippen molar-refractivity contribution in [1.82, 2.24) is 0 Å². The number of ketones is 1. The van der Waals surface area contributed by atoms with Gasteiger partial charge in [-0.15, -0.1) is 0 Å². The molecule has 0 amide bonds. The molecule has 0 aromatic rings. The van der Waals surface area contributed by atoms with Crippen LogP contribution in [0.5, 0.6) is 0 Å². The molecule has 0 radical (unpaired) electrons. The molecule has 104 valence electrons. The number of rotatable bonds is 2. The maximum absolute atomic E-state index is 12.0. The smallest absolute Gasteiger partial charge is 0.309 e. The van der Waals surface area contributed by atoms with Crippen molar-refractivity contribution in [1.29, 1.82) is 0 Å². The lowest BCUT2D eigenvalue weighted by atomic mass is 9.85. The fraction of sp³-hybridized carbons (Fsp3) is 0.857. The van der Waals surface area contributed by atoms with E-state index < -0.39 is 5.60 Å². The summed E-state index contributed by atoms with van der Waals surface area (Å²) in [6.07, 6.45) is 2.15. The zero-order valence-corrected chi connectivity index (χ0v) is 11.8. The van der Waals surface area contributed by atoms with Crippen molar-refractivity contribution in [2.24, 2.45) is 11.8 Å². The molecule has 4 nitrogen and oxygen atoms in total. The van der Waals surface area contributed by atoms with E-state index in [9.17, 15) is 9.59 Å². The molecule has 4 heteroatoms. The van der Waals surface area contributed by atoms with E-state index in [0.717, 1.165) is 12.8 Å². The van der Waals surface area contributed by atoms with Crippen molar-refractivity contribution in [2.75, 3.05) is 13.2 Å². The number of carbonyl (C=O) groups excluding carboxylic acids is 2. The lowest BCUT2D eigenvalue weighted by Gasteiger charge is -2.27. The topological polar surface area (TPSA) is 52.6 Å². The van der Waals surface area contributed by atoms with Crippen LogP contribution in [0.1, 0.15) is 47.0 Å². The SMILES string of the molecule is CC(C(=O)OC(C)(C)C)C1CCCOCC(=O)C1. The normalized spacial score (nSPS) is 24.0. The Kier molecular flexibility index (Phi) is 5.32. The highest BCUT2D eigenvalue weighted by molar-refractivity contribution is 5.81. The van der Waals surface area contributed by atoms with Crippen LogP contribution in [0, 0.1) is 11.8 Å². The molecule has 0 aliphatic carbocycles. The third-order valence-corrected chi connectivity index (χ3v) is 3.10. The van der Waals surface area contributed by atoms with E-state index in [4.69, 9.17) is 9.47 Å². The first-order valence-corrected chi connectivity index (χ1v) is 6.62. The number of hydrogen-bond acceptors (Lipinski definition) is 4. The zero-order valence-electron chi connectivity index (χ0n) is 11.8. The van der Waals surface area contributed by atoms with Crippen molar-refractivity contribution in [3.63, 3.8) is 0 Å². The fourth-order valence-electron chi connectivity index (χ4n) is 2.10. The van der Waals surface area contributed by atoms with Crippen LogP contribution in [-0.4, -0.2) is 30.6 Å². The van der Waals surface area contributed by atoms with E-state index in [1.807, 2.05) is 27.7 Å². The molecule has 1 heterocycles. The monoisotopic (exact) mass is 256 g/mol. The van der Waals surface area contributed by atoms with Gasteiger partial charge in [-0.25, -0.2) is 0 Å². The molecule has 0 bridgehead atoms. The molecule has 1 aliphatic rings. The molecule has 1 saturated heterocycles. The molecule has 0 spiro atoms. The van der Waals surface area contributed by atoms with Gasteiger partial charge >= 0.3 is 5.97 Å². The van der Waals surface area contributed by atoms with Crippen molar-refractivity contribution in [2.45, 2.75) is 52.6 Å². The lowest BCUT2D eigenvalue weighted by Crippen LogP contribution is -2.33. The van der Waals surface area contributed by atoms with Crippen LogP contribution < -0.4 is 0 Å². The maximum atomic E-state index is 12.0. The Hall–Kier alpha value is -0.900. The minimum Gasteiger partial charge on any atom is -0.460 e. The van der Waals surface area contributed by atoms with E-state index in [0.29, 0.717) is 13.0 Å². The average Bonchev–Trinajstić information content (AvgIpc) is 2.19. The molecule has 1 aliphatic heterocycles. The summed E-state index contributed by atoms with van der Waals surface area (Å²) in [6, 6.07) is 0. The Bertz CT molecular complexity index is 303. The van der Waals surface area contributed by atoms with Gasteiger partial charge in [0.2, 0.25) is 0 Å². The van der Waals surface area contributed by atoms with Crippen molar-refractivity contribution < 1.29 is 19.1 Å². The summed E-state index contributed by atoms with van der Waals surface area (Å²) >= 11 is 0. The number of Topliss-reactive ketones (excluding diaryl/α,β-unsaturated/α-hetero) is 1. The summed E-state index contributed by atoms with van der Waals surface area (Å²) in [7, 11) is 0. The quantitative estimate of drug-likeness (QED) is 0.712. The highest BCUT2D eigenvalue weighted by Gasteiger charge is 2.30. The van der Waals surface area contributed by atoms with Gasteiger partial charge in [0.25, 0.3) is 0 Å². The summed E-state index contributed by atoms with van der Waals surface area (Å²) in [5, 5.41) is 0. The minimum atomic E-state index is -0.472. The highest BCUT2D eigenvalue weighted by atomic mass is 16.6. The van der Waals surface area contributed by atoms with Crippen LogP contribution in [0.4, 0.5) is 0 Å². The predicted octanol–water partition coefficient (Wildman–Crippen LogP) is 2.35. The van der Waals surface area contributed by atoms with Gasteiger partial charge < -0.3 is 9.47 Å². The maximum Gasteiger partial charge on any atom is 0.309 e. The molecule has 2 unspecified atom stereocenters. The number of ether oxygens (including phenoxy) is 2. The summed E-state index contributed by atoms with van der Waals surface area (Å²) < 4.78 is 10.6. The van der Waals surface area contributed by atoms with Crippen molar-refractivity contribution in [3.05, 3.63) is 0 Å². The highest BCUT2D eigenvalue weighted by Crippen LogP contribution is 2.26. The van der Waals surface area contributed by atoms with Gasteiger partial charge in [0.1, 0.15) is 12.2 Å². The second kappa shape index (κ2) is 6.32. The van der Waals surface area contributed by atoms with Gasteiger partial charge in [-0.05, 0) is 39.5 Å². The molecular formula is C14H24O4. The molecule has 0 aromatic heterocycles. The van der Waals surface area contributed by atoms with E-state index in [1.54, 1.807) is 0 Å². The van der Waals surface area contributed by atoms with Crippen LogP contribution in [0.3, 0.4) is 0 Å². The van der Waals surface area contributed by atoms with Gasteiger partial charge in [-0.3, -0.25) is 9.59 Å². The van der Waals surface area contributed by atoms with E-state index >= 15 is 0 Å². The molecule has 18 heavy (non-hydrogen) atoms. The minimum absolute atomic E-state index is 0.0788. The molecule has 0 saturated carbocycles. The van der Waals surface area contributed by atoms with Crippen LogP contribution in [0.25, 0.3) is 0 Å². The summed E-state index contributed by atoms with van der Waals surface area (Å²) in [6.45, 7) is 8.20. The van der Waals surface area contributed by atoms with Crippen LogP contribution in [-0.2, 0) is 19.1 Å². The molecular weight excluding hydrogens is 232 g/mol.